The van der Waals surface area contributed by atoms with E-state index in [1.807, 2.05) is 82.1 Å². The second-order valence-electron chi connectivity index (χ2n) is 26.9. The molecule has 6 aromatic carbocycles. The topological polar surface area (TPSA) is 447 Å². The third-order valence-electron chi connectivity index (χ3n) is 18.1. The Labute approximate surface area is 640 Å². The maximum Gasteiger partial charge on any atom is 0.333 e. The van der Waals surface area contributed by atoms with E-state index in [1.54, 1.807) is 24.3 Å². The highest BCUT2D eigenvalue weighted by Gasteiger charge is 2.38. The molecular weight excluding hydrogens is 1460 g/mol. The van der Waals surface area contributed by atoms with Gasteiger partial charge in [0.25, 0.3) is 52.5 Å². The summed E-state index contributed by atoms with van der Waals surface area (Å²) in [6.07, 6.45) is 5.88. The van der Waals surface area contributed by atoms with Gasteiger partial charge in [-0.2, -0.15) is 15.5 Å². The van der Waals surface area contributed by atoms with E-state index in [0.717, 1.165) is 45.4 Å². The summed E-state index contributed by atoms with van der Waals surface area (Å²) >= 11 is 0. The number of anilines is 3. The van der Waals surface area contributed by atoms with Gasteiger partial charge in [-0.05, 0) is 133 Å². The summed E-state index contributed by atoms with van der Waals surface area (Å²) < 4.78 is 11.2. The molecule has 6 amide bonds. The normalized spacial score (nSPS) is 15.4. The third kappa shape index (κ3) is 20.5. The number of nitriles is 1. The molecule has 36 nitrogen and oxygen atoms in total. The van der Waals surface area contributed by atoms with Crippen molar-refractivity contribution < 1.29 is 81.9 Å². The van der Waals surface area contributed by atoms with E-state index < -0.39 is 73.7 Å². The van der Waals surface area contributed by atoms with E-state index in [-0.39, 0.29) is 97.3 Å². The number of allylic oxidation sites excluding steroid dienone is 2. The maximum absolute atomic E-state index is 12.3. The van der Waals surface area contributed by atoms with Crippen LogP contribution in [0.4, 0.5) is 68.2 Å². The van der Waals surface area contributed by atoms with Crippen molar-refractivity contribution in [1.29, 1.82) is 5.26 Å². The van der Waals surface area contributed by atoms with Crippen LogP contribution in [0.2, 0.25) is 0 Å². The van der Waals surface area contributed by atoms with Crippen molar-refractivity contribution >= 4 is 133 Å². The van der Waals surface area contributed by atoms with E-state index in [0.29, 0.717) is 88.3 Å². The molecule has 36 heteroatoms. The number of hydrogen-bond donors (Lipinski definition) is 0. The molecule has 0 bridgehead atoms. The van der Waals surface area contributed by atoms with Gasteiger partial charge in [-0.3, -0.25) is 59.1 Å². The lowest BCUT2D eigenvalue weighted by atomic mass is 9.88. The summed E-state index contributed by atoms with van der Waals surface area (Å²) in [6.45, 7) is 13.7. The van der Waals surface area contributed by atoms with E-state index in [2.05, 4.69) is 66.5 Å². The molecule has 0 N–H and O–H groups in total. The maximum atomic E-state index is 12.3. The lowest BCUT2D eigenvalue weighted by molar-refractivity contribution is -0.385. The highest BCUT2D eigenvalue weighted by atomic mass is 16.7. The summed E-state index contributed by atoms with van der Waals surface area (Å²) in [5, 5.41) is 69.0. The molecule has 0 radical (unpaired) electrons. The first-order valence-electron chi connectivity index (χ1n) is 35.1. The van der Waals surface area contributed by atoms with Crippen molar-refractivity contribution in [2.75, 3.05) is 55.6 Å². The number of ether oxygens (including phenoxy) is 2. The number of nitro groups is 3. The Balaban J connectivity index is 0.000000194. The summed E-state index contributed by atoms with van der Waals surface area (Å²) in [5.74, 6) is -4.09. The third-order valence-corrected chi connectivity index (χ3v) is 18.1. The summed E-state index contributed by atoms with van der Waals surface area (Å²) in [4.78, 5) is 159. The van der Waals surface area contributed by atoms with Crippen LogP contribution >= 0.6 is 0 Å². The molecule has 3 fully saturated rings. The van der Waals surface area contributed by atoms with Gasteiger partial charge < -0.3 is 38.7 Å². The van der Waals surface area contributed by atoms with E-state index in [4.69, 9.17) is 24.0 Å². The van der Waals surface area contributed by atoms with Crippen molar-refractivity contribution in [1.82, 2.24) is 15.2 Å². The predicted octanol–water partition coefficient (Wildman–Crippen LogP) is 14.5. The highest BCUT2D eigenvalue weighted by Crippen LogP contribution is 2.47. The second-order valence-corrected chi connectivity index (χ2v) is 26.9. The summed E-state index contributed by atoms with van der Waals surface area (Å²) in [5.41, 5.74) is 7.47. The number of para-hydroxylation sites is 1. The molecule has 6 aromatic rings. The van der Waals surface area contributed by atoms with Crippen molar-refractivity contribution in [2.45, 2.75) is 130 Å². The number of azo groups is 3. The number of non-ortho nitro benzene ring substituents is 2. The Bertz CT molecular complexity index is 4880. The minimum absolute atomic E-state index is 0.00155. The molecule has 0 spiro atoms. The molecule has 3 saturated heterocycles. The number of imide groups is 3. The van der Waals surface area contributed by atoms with Crippen LogP contribution in [-0.2, 0) is 57.7 Å². The van der Waals surface area contributed by atoms with Gasteiger partial charge in [-0.1, -0.05) is 24.3 Å². The predicted molar refractivity (Wildman–Crippen MR) is 402 cm³/mol. The molecule has 0 aromatic heterocycles. The Hall–Kier alpha value is -13.9. The molecule has 0 saturated carbocycles. The molecule has 5 aliphatic heterocycles. The van der Waals surface area contributed by atoms with Crippen LogP contribution in [0.1, 0.15) is 135 Å². The number of nitro benzene ring substituents is 3. The second kappa shape index (κ2) is 36.3. The molecule has 5 heterocycles. The average Bonchev–Trinajstić information content (AvgIpc) is 1.34. The standard InChI is InChI=1S/C28H28N6O7.C27H29N5O7.C21H21N5O6/c1-17-15-28(2,3)32(11-5-6-27(37)41-33-25(35)9-10-26(33)36)23-14-24(40-4)22(13-20(17)23)31-30-21-8-7-19(34(38)39)12-18(21)16-29;1-17-16-27(2,3)30(13-5-6-26(35)39-31-24(33)11-12-25(31)34)22-15-23(38-4)21(14-20(17)22)29-28-18-7-9-19(10-8-18)32(36)37;1-24(14-4-7-21(29)32-25-19(27)12-13-20(25)28)16-10-8-15(9-11-16)22-23-17-5-2-3-6-18(17)26(30)31/h7-8,12-15H,5-6,9-11H2,1-4H3;7-10,14-16H,5-6,11-13H2,1-4H3;2-3,5-6,8-11H,4,7,12-14H2,1H3. The molecule has 0 unspecified atom stereocenters. The number of nitrogens with zero attached hydrogens (tertiary/aromatic N) is 16. The van der Waals surface area contributed by atoms with Crippen LogP contribution in [0.3, 0.4) is 0 Å². The van der Waals surface area contributed by atoms with Gasteiger partial charge in [0.15, 0.2) is 5.69 Å². The zero-order chi connectivity index (χ0) is 81.3. The van der Waals surface area contributed by atoms with Crippen LogP contribution in [-0.4, -0.2) is 135 Å². The Morgan fingerprint density at radius 2 is 0.875 bits per heavy atom. The van der Waals surface area contributed by atoms with E-state index >= 15 is 0 Å². The van der Waals surface area contributed by atoms with Crippen molar-refractivity contribution in [2.24, 2.45) is 30.7 Å². The van der Waals surface area contributed by atoms with Gasteiger partial charge >= 0.3 is 17.9 Å². The van der Waals surface area contributed by atoms with Crippen molar-refractivity contribution in [3.05, 3.63) is 174 Å². The number of carbonyl (C=O) groups excluding carboxylic acids is 9. The molecular formula is C76H78N16O20. The lowest BCUT2D eigenvalue weighted by Crippen LogP contribution is -2.45. The Morgan fingerprint density at radius 1 is 0.491 bits per heavy atom. The SMILES string of the molecule is CN(CCCC(=O)ON1C(=O)CCC1=O)c1ccc(N=Nc2ccccc2[N+](=O)[O-])cc1.COc1cc2c(cc1N=Nc1ccc([N+](=O)[O-])cc1)C(C)=CC(C)(C)N2CCCC(=O)ON1C(=O)CCC1=O.COc1cc2c(cc1N=Nc1ccc([N+](=O)[O-])cc1C#N)C(C)=CC(C)(C)N2CCCC(=O)ON1C(=O)CCC1=O. The van der Waals surface area contributed by atoms with Gasteiger partial charge in [0.1, 0.15) is 34.6 Å². The van der Waals surface area contributed by atoms with Gasteiger partial charge in [-0.25, -0.2) is 14.4 Å². The smallest absolute Gasteiger partial charge is 0.333 e. The molecule has 582 valence electrons. The first-order chi connectivity index (χ1) is 53.3. The van der Waals surface area contributed by atoms with Crippen molar-refractivity contribution in [3.63, 3.8) is 0 Å². The Morgan fingerprint density at radius 3 is 1.29 bits per heavy atom. The highest BCUT2D eigenvalue weighted by molar-refractivity contribution is 6.03. The van der Waals surface area contributed by atoms with E-state index in [1.165, 1.54) is 62.8 Å². The minimum atomic E-state index is -0.660. The fourth-order valence-corrected chi connectivity index (χ4v) is 12.5. The minimum Gasteiger partial charge on any atom is -0.494 e. The number of benzene rings is 6. The molecule has 11 rings (SSSR count). The molecule has 112 heavy (non-hydrogen) atoms. The number of amides is 6. The summed E-state index contributed by atoms with van der Waals surface area (Å²) in [7, 11) is 4.87. The number of rotatable bonds is 27. The quantitative estimate of drug-likeness (QED) is 0.0200. The van der Waals surface area contributed by atoms with E-state index in [9.17, 15) is 78.8 Å². The number of hydrogen-bond acceptors (Lipinski definition) is 30. The zero-order valence-corrected chi connectivity index (χ0v) is 62.6. The summed E-state index contributed by atoms with van der Waals surface area (Å²) in [6, 6.07) is 32.0. The first kappa shape index (κ1) is 82.2. The molecule has 5 aliphatic rings. The first-order valence-corrected chi connectivity index (χ1v) is 35.1. The van der Waals surface area contributed by atoms with Crippen LogP contribution in [0.25, 0.3) is 11.1 Å². The number of methoxy groups -OCH3 is 2. The fraction of sp³-hybridized carbons (Fsp3) is 0.342. The van der Waals surface area contributed by atoms with Gasteiger partial charge in [0.2, 0.25) is 0 Å². The largest absolute Gasteiger partial charge is 0.494 e. The van der Waals surface area contributed by atoms with Crippen LogP contribution in [0.15, 0.2) is 158 Å². The lowest BCUT2D eigenvalue weighted by Gasteiger charge is -2.43. The van der Waals surface area contributed by atoms with Gasteiger partial charge in [0, 0.05) is 155 Å². The average molecular weight is 1540 g/mol. The van der Waals surface area contributed by atoms with Crippen LogP contribution < -0.4 is 24.2 Å². The monoisotopic (exact) mass is 1530 g/mol. The number of carbonyl (C=O) groups is 9. The van der Waals surface area contributed by atoms with Gasteiger partial charge in [-0.15, -0.1) is 35.6 Å². The Kier molecular flexibility index (Phi) is 26.7. The van der Waals surface area contributed by atoms with Crippen LogP contribution in [0.5, 0.6) is 11.5 Å². The fourth-order valence-electron chi connectivity index (χ4n) is 12.5. The molecule has 0 aliphatic carbocycles. The molecule has 0 atom stereocenters. The zero-order valence-electron chi connectivity index (χ0n) is 62.6. The number of hydroxylamine groups is 6. The van der Waals surface area contributed by atoms with Crippen LogP contribution in [0, 0.1) is 41.7 Å². The number of fused-ring (bicyclic) bond motifs is 2. The van der Waals surface area contributed by atoms with Crippen molar-refractivity contribution in [3.8, 4) is 17.6 Å². The van der Waals surface area contributed by atoms with Gasteiger partial charge in [0.05, 0.1) is 57.0 Å².